The zero-order valence-electron chi connectivity index (χ0n) is 10.8. The molecule has 0 saturated carbocycles. The van der Waals surface area contributed by atoms with Crippen LogP contribution in [-0.4, -0.2) is 25.5 Å². The Kier molecular flexibility index (Phi) is 4.85. The van der Waals surface area contributed by atoms with Crippen molar-refractivity contribution < 1.29 is 18.3 Å². The Morgan fingerprint density at radius 2 is 1.89 bits per heavy atom. The van der Waals surface area contributed by atoms with Gasteiger partial charge < -0.3 is 5.11 Å². The zero-order valence-corrected chi connectivity index (χ0v) is 11.6. The Balaban J connectivity index is 3.04. The van der Waals surface area contributed by atoms with Gasteiger partial charge in [0.1, 0.15) is 6.04 Å². The van der Waals surface area contributed by atoms with Gasteiger partial charge in [0.15, 0.2) is 0 Å². The molecular weight excluding hydrogens is 266 g/mol. The smallest absolute Gasteiger partial charge is 0.322 e. The number of rotatable bonds is 6. The second-order valence-electron chi connectivity index (χ2n) is 4.35. The minimum Gasteiger partial charge on any atom is -0.480 e. The second-order valence-corrected chi connectivity index (χ2v) is 6.06. The van der Waals surface area contributed by atoms with E-state index in [-0.39, 0.29) is 4.90 Å². The van der Waals surface area contributed by atoms with Gasteiger partial charge in [-0.15, -0.1) is 6.58 Å². The van der Waals surface area contributed by atoms with Gasteiger partial charge in [0, 0.05) is 5.92 Å². The van der Waals surface area contributed by atoms with Crippen LogP contribution in [0, 0.1) is 12.8 Å². The number of nitrogens with one attached hydrogen (secondary N) is 1. The van der Waals surface area contributed by atoms with Gasteiger partial charge in [-0.2, -0.15) is 4.72 Å². The third kappa shape index (κ3) is 3.90. The van der Waals surface area contributed by atoms with Crippen molar-refractivity contribution in [2.45, 2.75) is 24.8 Å². The summed E-state index contributed by atoms with van der Waals surface area (Å²) >= 11 is 0. The van der Waals surface area contributed by atoms with Crippen molar-refractivity contribution in [3.63, 3.8) is 0 Å². The predicted molar refractivity (Wildman–Crippen MR) is 72.3 cm³/mol. The van der Waals surface area contributed by atoms with Crippen molar-refractivity contribution in [1.29, 1.82) is 0 Å². The van der Waals surface area contributed by atoms with Crippen LogP contribution in [0.3, 0.4) is 0 Å². The minimum atomic E-state index is -3.85. The molecule has 2 unspecified atom stereocenters. The molecule has 19 heavy (non-hydrogen) atoms. The molecule has 1 aromatic rings. The third-order valence-corrected chi connectivity index (χ3v) is 4.23. The molecule has 6 heteroatoms. The molecular formula is C13H17NO4S. The normalized spacial score (nSPS) is 14.6. The van der Waals surface area contributed by atoms with E-state index in [0.717, 1.165) is 5.56 Å². The van der Waals surface area contributed by atoms with Crippen LogP contribution in [0.25, 0.3) is 0 Å². The average molecular weight is 283 g/mol. The lowest BCUT2D eigenvalue weighted by molar-refractivity contribution is -0.139. The van der Waals surface area contributed by atoms with Gasteiger partial charge >= 0.3 is 5.97 Å². The fraction of sp³-hybridized carbons (Fsp3) is 0.308. The summed E-state index contributed by atoms with van der Waals surface area (Å²) in [6, 6.07) is 4.95. The lowest BCUT2D eigenvalue weighted by Gasteiger charge is -2.18. The maximum atomic E-state index is 12.1. The third-order valence-electron chi connectivity index (χ3n) is 2.78. The standard InChI is InChI=1S/C13H17NO4S/c1-4-10(3)12(13(15)16)14-19(17,18)11-7-5-9(2)6-8-11/h4-8,10,12,14H,1H2,2-3H3,(H,15,16). The van der Waals surface area contributed by atoms with E-state index in [0.29, 0.717) is 0 Å². The SMILES string of the molecule is C=CC(C)C(NS(=O)(=O)c1ccc(C)cc1)C(=O)O. The predicted octanol–water partition coefficient (Wildman–Crippen LogP) is 1.55. The molecule has 0 saturated heterocycles. The summed E-state index contributed by atoms with van der Waals surface area (Å²) in [5.74, 6) is -1.75. The van der Waals surface area contributed by atoms with E-state index in [9.17, 15) is 13.2 Å². The first kappa shape index (κ1) is 15.4. The highest BCUT2D eigenvalue weighted by Crippen LogP contribution is 2.13. The fourth-order valence-corrected chi connectivity index (χ4v) is 2.75. The summed E-state index contributed by atoms with van der Waals surface area (Å²) in [5, 5.41) is 9.05. The van der Waals surface area contributed by atoms with E-state index in [1.807, 2.05) is 6.92 Å². The molecule has 0 spiro atoms. The van der Waals surface area contributed by atoms with Gasteiger partial charge in [-0.1, -0.05) is 30.7 Å². The Morgan fingerprint density at radius 1 is 1.37 bits per heavy atom. The number of carbonyl (C=O) groups is 1. The molecule has 0 aliphatic carbocycles. The molecule has 0 heterocycles. The molecule has 0 bridgehead atoms. The Bertz CT molecular complexity index is 563. The van der Waals surface area contributed by atoms with E-state index in [4.69, 9.17) is 5.11 Å². The first-order chi connectivity index (χ1) is 8.77. The fourth-order valence-electron chi connectivity index (χ4n) is 1.47. The molecule has 1 aromatic carbocycles. The zero-order chi connectivity index (χ0) is 14.6. The van der Waals surface area contributed by atoms with Gasteiger partial charge in [-0.3, -0.25) is 4.79 Å². The summed E-state index contributed by atoms with van der Waals surface area (Å²) in [7, 11) is -3.85. The van der Waals surface area contributed by atoms with Crippen LogP contribution in [-0.2, 0) is 14.8 Å². The highest BCUT2D eigenvalue weighted by atomic mass is 32.2. The van der Waals surface area contributed by atoms with Gasteiger partial charge in [-0.05, 0) is 19.1 Å². The van der Waals surface area contributed by atoms with Crippen LogP contribution in [0.15, 0.2) is 41.8 Å². The summed E-state index contributed by atoms with van der Waals surface area (Å²) in [6.07, 6.45) is 1.40. The van der Waals surface area contributed by atoms with Crippen molar-refractivity contribution in [3.8, 4) is 0 Å². The number of aryl methyl sites for hydroxylation is 1. The lowest BCUT2D eigenvalue weighted by Crippen LogP contribution is -2.44. The van der Waals surface area contributed by atoms with Crippen LogP contribution in [0.1, 0.15) is 12.5 Å². The van der Waals surface area contributed by atoms with Crippen LogP contribution in [0.2, 0.25) is 0 Å². The molecule has 0 aliphatic rings. The molecule has 2 atom stereocenters. The number of aliphatic carboxylic acids is 1. The average Bonchev–Trinajstić information content (AvgIpc) is 2.35. The van der Waals surface area contributed by atoms with Crippen LogP contribution in [0.4, 0.5) is 0 Å². The van der Waals surface area contributed by atoms with Crippen molar-refractivity contribution in [2.24, 2.45) is 5.92 Å². The molecule has 0 fully saturated rings. The van der Waals surface area contributed by atoms with Crippen molar-refractivity contribution in [1.82, 2.24) is 4.72 Å². The van der Waals surface area contributed by atoms with Crippen molar-refractivity contribution in [3.05, 3.63) is 42.5 Å². The van der Waals surface area contributed by atoms with E-state index in [2.05, 4.69) is 11.3 Å². The number of hydrogen-bond donors (Lipinski definition) is 2. The highest BCUT2D eigenvalue weighted by molar-refractivity contribution is 7.89. The number of sulfonamides is 1. The van der Waals surface area contributed by atoms with Crippen molar-refractivity contribution in [2.75, 3.05) is 0 Å². The molecule has 0 radical (unpaired) electrons. The van der Waals surface area contributed by atoms with Crippen molar-refractivity contribution >= 4 is 16.0 Å². The molecule has 1 rings (SSSR count). The van der Waals surface area contributed by atoms with Crippen LogP contribution < -0.4 is 4.72 Å². The second kappa shape index (κ2) is 5.99. The minimum absolute atomic E-state index is 0.0422. The van der Waals surface area contributed by atoms with E-state index in [1.54, 1.807) is 19.1 Å². The van der Waals surface area contributed by atoms with E-state index in [1.165, 1.54) is 18.2 Å². The lowest BCUT2D eigenvalue weighted by atomic mass is 10.0. The summed E-state index contributed by atoms with van der Waals surface area (Å²) in [6.45, 7) is 6.90. The first-order valence-electron chi connectivity index (χ1n) is 5.72. The van der Waals surface area contributed by atoms with Gasteiger partial charge in [0.2, 0.25) is 10.0 Å². The summed E-state index contributed by atoms with van der Waals surface area (Å²) in [5.41, 5.74) is 0.924. The quantitative estimate of drug-likeness (QED) is 0.776. The molecule has 0 aromatic heterocycles. The Labute approximate surface area is 113 Å². The topological polar surface area (TPSA) is 83.5 Å². The molecule has 0 amide bonds. The van der Waals surface area contributed by atoms with Gasteiger partial charge in [-0.25, -0.2) is 8.42 Å². The van der Waals surface area contributed by atoms with Gasteiger partial charge in [0.25, 0.3) is 0 Å². The maximum absolute atomic E-state index is 12.1. The summed E-state index contributed by atoms with van der Waals surface area (Å²) in [4.78, 5) is 11.1. The Hall–Kier alpha value is -1.66. The molecule has 0 aliphatic heterocycles. The Morgan fingerprint density at radius 3 is 2.32 bits per heavy atom. The number of benzene rings is 1. The highest BCUT2D eigenvalue weighted by Gasteiger charge is 2.28. The first-order valence-corrected chi connectivity index (χ1v) is 7.20. The van der Waals surface area contributed by atoms with Gasteiger partial charge in [0.05, 0.1) is 4.90 Å². The van der Waals surface area contributed by atoms with Crippen LogP contribution >= 0.6 is 0 Å². The van der Waals surface area contributed by atoms with Crippen LogP contribution in [0.5, 0.6) is 0 Å². The van der Waals surface area contributed by atoms with E-state index < -0.39 is 28.0 Å². The monoisotopic (exact) mass is 283 g/mol. The molecule has 2 N–H and O–H groups in total. The number of carboxylic acids is 1. The molecule has 5 nitrogen and oxygen atoms in total. The number of carboxylic acid groups (broad SMARTS) is 1. The largest absolute Gasteiger partial charge is 0.480 e. The number of hydrogen-bond acceptors (Lipinski definition) is 3. The summed E-state index contributed by atoms with van der Waals surface area (Å²) < 4.78 is 26.3. The maximum Gasteiger partial charge on any atom is 0.322 e. The molecule has 104 valence electrons. The van der Waals surface area contributed by atoms with E-state index >= 15 is 0 Å².